The van der Waals surface area contributed by atoms with Crippen molar-refractivity contribution in [2.24, 2.45) is 5.92 Å². The van der Waals surface area contributed by atoms with E-state index in [1.54, 1.807) is 0 Å². The molecule has 0 saturated heterocycles. The van der Waals surface area contributed by atoms with Gasteiger partial charge < -0.3 is 14.0 Å². The Hall–Kier alpha value is -2.75. The van der Waals surface area contributed by atoms with Gasteiger partial charge in [0, 0.05) is 23.0 Å². The molecule has 3 aromatic rings. The molecule has 4 nitrogen and oxygen atoms in total. The average molecular weight is 333 g/mol. The predicted molar refractivity (Wildman–Crippen MR) is 93.9 cm³/mol. The van der Waals surface area contributed by atoms with E-state index in [1.807, 2.05) is 30.3 Å². The highest BCUT2D eigenvalue weighted by atomic mass is 16.6. The Morgan fingerprint density at radius 2 is 1.76 bits per heavy atom. The molecule has 2 aromatic carbocycles. The third-order valence-electron chi connectivity index (χ3n) is 5.38. The second kappa shape index (κ2) is 5.12. The van der Waals surface area contributed by atoms with Crippen molar-refractivity contribution in [2.45, 2.75) is 25.4 Å². The minimum Gasteiger partial charge on any atom is -0.493 e. The van der Waals surface area contributed by atoms with Crippen molar-refractivity contribution in [3.05, 3.63) is 65.7 Å². The van der Waals surface area contributed by atoms with E-state index in [0.29, 0.717) is 12.6 Å². The van der Waals surface area contributed by atoms with Crippen molar-refractivity contribution in [1.82, 2.24) is 5.16 Å². The topological polar surface area (TPSA) is 44.5 Å². The Morgan fingerprint density at radius 1 is 1.00 bits per heavy atom. The number of fused-ring (bicyclic) bond motifs is 5. The fourth-order valence-corrected chi connectivity index (χ4v) is 4.07. The summed E-state index contributed by atoms with van der Waals surface area (Å²) in [5.74, 6) is 1.80. The number of rotatable bonds is 1. The third kappa shape index (κ3) is 2.10. The lowest BCUT2D eigenvalue weighted by Gasteiger charge is -2.45. The molecule has 0 amide bonds. The van der Waals surface area contributed by atoms with Gasteiger partial charge in [0.2, 0.25) is 0 Å². The van der Waals surface area contributed by atoms with E-state index in [1.165, 1.54) is 5.56 Å². The monoisotopic (exact) mass is 333 g/mol. The SMILES string of the molecule is CC1(C)Oc2onc(-c3ccccc3)c2[C@H]2c3ccccc3OC[C@H]21. The van der Waals surface area contributed by atoms with Crippen LogP contribution in [0.3, 0.4) is 0 Å². The molecule has 1 aromatic heterocycles. The first kappa shape index (κ1) is 14.6. The second-order valence-corrected chi connectivity index (χ2v) is 7.24. The molecule has 4 heteroatoms. The highest BCUT2D eigenvalue weighted by molar-refractivity contribution is 5.68. The third-order valence-corrected chi connectivity index (χ3v) is 5.38. The van der Waals surface area contributed by atoms with Crippen molar-refractivity contribution in [3.8, 4) is 23.0 Å². The molecule has 5 rings (SSSR count). The van der Waals surface area contributed by atoms with Crippen LogP contribution < -0.4 is 9.47 Å². The summed E-state index contributed by atoms with van der Waals surface area (Å²) < 4.78 is 17.9. The first-order valence-corrected chi connectivity index (χ1v) is 8.61. The first-order chi connectivity index (χ1) is 12.1. The number of benzene rings is 2. The Labute approximate surface area is 146 Å². The molecular formula is C21H19NO3. The molecule has 0 unspecified atom stereocenters. The lowest BCUT2D eigenvalue weighted by atomic mass is 9.70. The zero-order valence-corrected chi connectivity index (χ0v) is 14.2. The van der Waals surface area contributed by atoms with E-state index in [9.17, 15) is 0 Å². The van der Waals surface area contributed by atoms with Gasteiger partial charge in [-0.15, -0.1) is 0 Å². The van der Waals surface area contributed by atoms with Gasteiger partial charge in [-0.25, -0.2) is 0 Å². The van der Waals surface area contributed by atoms with Crippen LogP contribution in [0.4, 0.5) is 0 Å². The van der Waals surface area contributed by atoms with Crippen molar-refractivity contribution in [1.29, 1.82) is 0 Å². The fraction of sp³-hybridized carbons (Fsp3) is 0.286. The van der Waals surface area contributed by atoms with Crippen LogP contribution in [0.15, 0.2) is 59.1 Å². The Morgan fingerprint density at radius 3 is 2.60 bits per heavy atom. The summed E-state index contributed by atoms with van der Waals surface area (Å²) >= 11 is 0. The number of hydrogen-bond donors (Lipinski definition) is 0. The number of aromatic nitrogens is 1. The van der Waals surface area contributed by atoms with E-state index in [2.05, 4.69) is 43.3 Å². The van der Waals surface area contributed by atoms with Gasteiger partial charge >= 0.3 is 5.95 Å². The molecule has 0 spiro atoms. The average Bonchev–Trinajstić information content (AvgIpc) is 3.04. The summed E-state index contributed by atoms with van der Waals surface area (Å²) in [5.41, 5.74) is 3.72. The Bertz CT molecular complexity index is 929. The first-order valence-electron chi connectivity index (χ1n) is 8.61. The van der Waals surface area contributed by atoms with Gasteiger partial charge in [0.15, 0.2) is 0 Å². The van der Waals surface area contributed by atoms with Crippen LogP contribution in [-0.2, 0) is 0 Å². The molecule has 0 fully saturated rings. The Balaban J connectivity index is 1.76. The molecule has 0 radical (unpaired) electrons. The van der Waals surface area contributed by atoms with Gasteiger partial charge in [-0.05, 0) is 19.9 Å². The summed E-state index contributed by atoms with van der Waals surface area (Å²) in [5, 5.41) is 4.36. The summed E-state index contributed by atoms with van der Waals surface area (Å²) in [4.78, 5) is 0. The van der Waals surface area contributed by atoms with Crippen molar-refractivity contribution in [3.63, 3.8) is 0 Å². The van der Waals surface area contributed by atoms with E-state index < -0.39 is 5.60 Å². The van der Waals surface area contributed by atoms with E-state index in [-0.39, 0.29) is 11.8 Å². The lowest BCUT2D eigenvalue weighted by molar-refractivity contribution is -0.0335. The van der Waals surface area contributed by atoms with Crippen LogP contribution in [-0.4, -0.2) is 17.4 Å². The maximum Gasteiger partial charge on any atom is 0.316 e. The summed E-state index contributed by atoms with van der Waals surface area (Å²) in [7, 11) is 0. The quantitative estimate of drug-likeness (QED) is 0.650. The highest BCUT2D eigenvalue weighted by Crippen LogP contribution is 2.54. The van der Waals surface area contributed by atoms with Gasteiger partial charge in [-0.1, -0.05) is 53.7 Å². The van der Waals surface area contributed by atoms with Crippen molar-refractivity contribution >= 4 is 0 Å². The van der Waals surface area contributed by atoms with Gasteiger partial charge in [-0.3, -0.25) is 0 Å². The van der Waals surface area contributed by atoms with Crippen LogP contribution in [0.1, 0.15) is 30.9 Å². The zero-order chi connectivity index (χ0) is 17.0. The van der Waals surface area contributed by atoms with E-state index >= 15 is 0 Å². The smallest absolute Gasteiger partial charge is 0.316 e. The highest BCUT2D eigenvalue weighted by Gasteiger charge is 2.50. The molecule has 3 heterocycles. The molecule has 0 saturated carbocycles. The molecule has 0 N–H and O–H groups in total. The number of para-hydroxylation sites is 1. The fourth-order valence-electron chi connectivity index (χ4n) is 4.07. The zero-order valence-electron chi connectivity index (χ0n) is 14.2. The van der Waals surface area contributed by atoms with Crippen LogP contribution in [0.2, 0.25) is 0 Å². The van der Waals surface area contributed by atoms with Crippen LogP contribution in [0.5, 0.6) is 11.7 Å². The van der Waals surface area contributed by atoms with Gasteiger partial charge in [0.1, 0.15) is 17.0 Å². The Kier molecular flexibility index (Phi) is 2.99. The lowest BCUT2D eigenvalue weighted by Crippen LogP contribution is -2.49. The molecular weight excluding hydrogens is 314 g/mol. The number of hydrogen-bond acceptors (Lipinski definition) is 4. The van der Waals surface area contributed by atoms with E-state index in [4.69, 9.17) is 14.0 Å². The van der Waals surface area contributed by atoms with Crippen molar-refractivity contribution in [2.75, 3.05) is 6.61 Å². The molecule has 25 heavy (non-hydrogen) atoms. The molecule has 2 aliphatic rings. The molecule has 126 valence electrons. The summed E-state index contributed by atoms with van der Waals surface area (Å²) in [6.07, 6.45) is 0. The van der Waals surface area contributed by atoms with Crippen LogP contribution >= 0.6 is 0 Å². The molecule has 0 aliphatic carbocycles. The van der Waals surface area contributed by atoms with Crippen LogP contribution in [0, 0.1) is 5.92 Å². The van der Waals surface area contributed by atoms with Gasteiger partial charge in [0.05, 0.1) is 12.2 Å². The summed E-state index contributed by atoms with van der Waals surface area (Å²) in [6, 6.07) is 18.4. The maximum absolute atomic E-state index is 6.20. The van der Waals surface area contributed by atoms with E-state index in [0.717, 1.165) is 22.6 Å². The predicted octanol–water partition coefficient (Wildman–Crippen LogP) is 4.65. The normalized spacial score (nSPS) is 22.8. The number of ether oxygens (including phenoxy) is 2. The van der Waals surface area contributed by atoms with Gasteiger partial charge in [-0.2, -0.15) is 0 Å². The number of nitrogens with zero attached hydrogens (tertiary/aromatic N) is 1. The minimum atomic E-state index is -0.390. The maximum atomic E-state index is 6.20. The molecule has 2 atom stereocenters. The minimum absolute atomic E-state index is 0.144. The van der Waals surface area contributed by atoms with Crippen LogP contribution in [0.25, 0.3) is 11.3 Å². The standard InChI is InChI=1S/C21H19NO3/c1-21(2)15-12-23-16-11-7-6-10-14(16)17(15)18-19(22-25-20(18)24-21)13-8-4-3-5-9-13/h3-11,15,17H,12H2,1-2H3/t15-,17+/m1/s1. The molecule has 0 bridgehead atoms. The van der Waals surface area contributed by atoms with Crippen molar-refractivity contribution < 1.29 is 14.0 Å². The largest absolute Gasteiger partial charge is 0.493 e. The second-order valence-electron chi connectivity index (χ2n) is 7.24. The summed E-state index contributed by atoms with van der Waals surface area (Å²) in [6.45, 7) is 4.80. The van der Waals surface area contributed by atoms with Gasteiger partial charge in [0.25, 0.3) is 0 Å². The molecule has 2 aliphatic heterocycles.